The van der Waals surface area contributed by atoms with Crippen LogP contribution in [0, 0.1) is 20.8 Å². The van der Waals surface area contributed by atoms with Gasteiger partial charge < -0.3 is 5.32 Å². The Morgan fingerprint density at radius 2 is 1.81 bits per heavy atom. The SMILES string of the molecule is Cc1cc(C)c(NC(=O)CCN2C(=O)c3ccc(Br)cc3C2=O)c(C)n1. The minimum absolute atomic E-state index is 0.0272. The van der Waals surface area contributed by atoms with E-state index >= 15 is 0 Å². The van der Waals surface area contributed by atoms with E-state index in [4.69, 9.17) is 0 Å². The Morgan fingerprint density at radius 1 is 1.12 bits per heavy atom. The molecule has 0 radical (unpaired) electrons. The van der Waals surface area contributed by atoms with Crippen LogP contribution >= 0.6 is 15.9 Å². The highest BCUT2D eigenvalue weighted by Crippen LogP contribution is 2.26. The fraction of sp³-hybridized carbons (Fsp3) is 0.263. The zero-order chi connectivity index (χ0) is 19.0. The number of amides is 3. The molecule has 26 heavy (non-hydrogen) atoms. The number of aromatic nitrogens is 1. The van der Waals surface area contributed by atoms with Crippen LogP contribution in [-0.4, -0.2) is 34.2 Å². The summed E-state index contributed by atoms with van der Waals surface area (Å²) in [7, 11) is 0. The van der Waals surface area contributed by atoms with E-state index in [2.05, 4.69) is 26.2 Å². The Balaban J connectivity index is 1.68. The number of anilines is 1. The molecular formula is C19H18BrN3O3. The van der Waals surface area contributed by atoms with Gasteiger partial charge in [0.2, 0.25) is 5.91 Å². The molecule has 1 N–H and O–H groups in total. The highest BCUT2D eigenvalue weighted by Gasteiger charge is 2.35. The Hall–Kier alpha value is -2.54. The van der Waals surface area contributed by atoms with E-state index in [1.807, 2.05) is 26.8 Å². The van der Waals surface area contributed by atoms with Crippen LogP contribution in [0.15, 0.2) is 28.7 Å². The van der Waals surface area contributed by atoms with Crippen LogP contribution in [0.2, 0.25) is 0 Å². The van der Waals surface area contributed by atoms with Crippen LogP contribution in [-0.2, 0) is 4.79 Å². The highest BCUT2D eigenvalue weighted by molar-refractivity contribution is 9.10. The van der Waals surface area contributed by atoms with Gasteiger partial charge in [-0.2, -0.15) is 0 Å². The standard InChI is InChI=1S/C19H18BrN3O3/c1-10-8-11(2)21-12(3)17(10)22-16(24)6-7-23-18(25)14-5-4-13(20)9-15(14)19(23)26/h4-5,8-9H,6-7H2,1-3H3,(H,22,24). The summed E-state index contributed by atoms with van der Waals surface area (Å²) in [6.45, 7) is 5.66. The van der Waals surface area contributed by atoms with Gasteiger partial charge >= 0.3 is 0 Å². The summed E-state index contributed by atoms with van der Waals surface area (Å²) < 4.78 is 0.731. The molecule has 1 aromatic heterocycles. The predicted molar refractivity (Wildman–Crippen MR) is 101 cm³/mol. The molecule has 6 nitrogen and oxygen atoms in total. The lowest BCUT2D eigenvalue weighted by atomic mass is 10.1. The van der Waals surface area contributed by atoms with Crippen LogP contribution < -0.4 is 5.32 Å². The van der Waals surface area contributed by atoms with Crippen LogP contribution in [0.25, 0.3) is 0 Å². The summed E-state index contributed by atoms with van der Waals surface area (Å²) in [5, 5.41) is 2.83. The molecule has 134 valence electrons. The van der Waals surface area contributed by atoms with E-state index in [-0.39, 0.29) is 30.7 Å². The van der Waals surface area contributed by atoms with Gasteiger partial charge in [0.1, 0.15) is 0 Å². The molecule has 0 unspecified atom stereocenters. The number of hydrogen-bond acceptors (Lipinski definition) is 4. The number of carbonyl (C=O) groups is 3. The average Bonchev–Trinajstić information content (AvgIpc) is 2.79. The second-order valence-corrected chi connectivity index (χ2v) is 7.21. The molecule has 0 fully saturated rings. The first-order valence-corrected chi connectivity index (χ1v) is 8.97. The Labute approximate surface area is 159 Å². The minimum Gasteiger partial charge on any atom is -0.324 e. The molecule has 0 spiro atoms. The summed E-state index contributed by atoms with van der Waals surface area (Å²) >= 11 is 3.30. The number of nitrogens with zero attached hydrogens (tertiary/aromatic N) is 2. The number of halogens is 1. The van der Waals surface area contributed by atoms with Gasteiger partial charge in [0.05, 0.1) is 22.5 Å². The van der Waals surface area contributed by atoms with Gasteiger partial charge in [0.25, 0.3) is 11.8 Å². The van der Waals surface area contributed by atoms with E-state index in [0.717, 1.165) is 26.3 Å². The van der Waals surface area contributed by atoms with Gasteiger partial charge in [0.15, 0.2) is 0 Å². The summed E-state index contributed by atoms with van der Waals surface area (Å²) in [4.78, 5) is 42.6. The van der Waals surface area contributed by atoms with Gasteiger partial charge in [0, 0.05) is 23.1 Å². The zero-order valence-corrected chi connectivity index (χ0v) is 16.3. The minimum atomic E-state index is -0.372. The number of pyridine rings is 1. The maximum atomic E-state index is 12.4. The molecular weight excluding hydrogens is 398 g/mol. The monoisotopic (exact) mass is 415 g/mol. The molecule has 0 saturated carbocycles. The molecule has 0 atom stereocenters. The second kappa shape index (κ2) is 6.99. The molecule has 0 aliphatic carbocycles. The normalized spacial score (nSPS) is 13.2. The number of hydrogen-bond donors (Lipinski definition) is 1. The molecule has 1 aliphatic rings. The van der Waals surface area contributed by atoms with Crippen LogP contribution in [0.4, 0.5) is 5.69 Å². The van der Waals surface area contributed by atoms with Crippen LogP contribution in [0.1, 0.15) is 44.1 Å². The van der Waals surface area contributed by atoms with Crippen molar-refractivity contribution in [2.75, 3.05) is 11.9 Å². The van der Waals surface area contributed by atoms with Crippen molar-refractivity contribution in [2.45, 2.75) is 27.2 Å². The van der Waals surface area contributed by atoms with Gasteiger partial charge in [-0.05, 0) is 50.6 Å². The molecule has 1 aromatic carbocycles. The number of aryl methyl sites for hydroxylation is 3. The number of imide groups is 1. The predicted octanol–water partition coefficient (Wildman–Crippen LogP) is 3.39. The lowest BCUT2D eigenvalue weighted by Gasteiger charge is -2.15. The first kappa shape index (κ1) is 18.3. The van der Waals surface area contributed by atoms with Crippen molar-refractivity contribution in [1.29, 1.82) is 0 Å². The summed E-state index contributed by atoms with van der Waals surface area (Å²) in [5.41, 5.74) is 3.95. The maximum absolute atomic E-state index is 12.4. The smallest absolute Gasteiger partial charge is 0.261 e. The Morgan fingerprint density at radius 3 is 2.50 bits per heavy atom. The summed E-state index contributed by atoms with van der Waals surface area (Å²) in [5.74, 6) is -1.00. The van der Waals surface area contributed by atoms with E-state index < -0.39 is 0 Å². The molecule has 2 heterocycles. The van der Waals surface area contributed by atoms with Crippen molar-refractivity contribution in [3.8, 4) is 0 Å². The van der Waals surface area contributed by atoms with Crippen LogP contribution in [0.3, 0.4) is 0 Å². The second-order valence-electron chi connectivity index (χ2n) is 6.29. The topological polar surface area (TPSA) is 79.4 Å². The van der Waals surface area contributed by atoms with Crippen molar-refractivity contribution in [2.24, 2.45) is 0 Å². The number of fused-ring (bicyclic) bond motifs is 1. The lowest BCUT2D eigenvalue weighted by molar-refractivity contribution is -0.116. The fourth-order valence-corrected chi connectivity index (χ4v) is 3.45. The first-order chi connectivity index (χ1) is 12.3. The molecule has 7 heteroatoms. The third-order valence-electron chi connectivity index (χ3n) is 4.29. The lowest BCUT2D eigenvalue weighted by Crippen LogP contribution is -2.33. The Bertz CT molecular complexity index is 917. The maximum Gasteiger partial charge on any atom is 0.261 e. The molecule has 1 aliphatic heterocycles. The molecule has 0 bridgehead atoms. The molecule has 0 saturated heterocycles. The van der Waals surface area contributed by atoms with Crippen molar-refractivity contribution in [1.82, 2.24) is 9.88 Å². The van der Waals surface area contributed by atoms with Gasteiger partial charge in [-0.15, -0.1) is 0 Å². The molecule has 3 rings (SSSR count). The third kappa shape index (κ3) is 3.39. The summed E-state index contributed by atoms with van der Waals surface area (Å²) in [6.07, 6.45) is 0.0272. The van der Waals surface area contributed by atoms with Crippen molar-refractivity contribution < 1.29 is 14.4 Å². The number of carbonyl (C=O) groups excluding carboxylic acids is 3. The van der Waals surface area contributed by atoms with Gasteiger partial charge in [-0.25, -0.2) is 0 Å². The quantitative estimate of drug-likeness (QED) is 0.775. The average molecular weight is 416 g/mol. The highest BCUT2D eigenvalue weighted by atomic mass is 79.9. The van der Waals surface area contributed by atoms with Crippen LogP contribution in [0.5, 0.6) is 0 Å². The third-order valence-corrected chi connectivity index (χ3v) is 4.78. The van der Waals surface area contributed by atoms with E-state index in [1.165, 1.54) is 0 Å². The number of nitrogens with one attached hydrogen (secondary N) is 1. The van der Waals surface area contributed by atoms with Crippen molar-refractivity contribution >= 4 is 39.3 Å². The van der Waals surface area contributed by atoms with E-state index in [0.29, 0.717) is 16.8 Å². The Kier molecular flexibility index (Phi) is 4.91. The number of rotatable bonds is 4. The van der Waals surface area contributed by atoms with E-state index in [9.17, 15) is 14.4 Å². The first-order valence-electron chi connectivity index (χ1n) is 8.18. The van der Waals surface area contributed by atoms with Gasteiger partial charge in [-0.3, -0.25) is 24.3 Å². The summed E-state index contributed by atoms with van der Waals surface area (Å²) in [6, 6.07) is 6.85. The fourth-order valence-electron chi connectivity index (χ4n) is 3.09. The van der Waals surface area contributed by atoms with Gasteiger partial charge in [-0.1, -0.05) is 15.9 Å². The van der Waals surface area contributed by atoms with E-state index in [1.54, 1.807) is 18.2 Å². The van der Waals surface area contributed by atoms with Crippen molar-refractivity contribution in [3.63, 3.8) is 0 Å². The molecule has 2 aromatic rings. The van der Waals surface area contributed by atoms with Crippen molar-refractivity contribution in [3.05, 3.63) is 56.8 Å². The molecule has 3 amide bonds. The zero-order valence-electron chi connectivity index (χ0n) is 14.7. The number of benzene rings is 1. The largest absolute Gasteiger partial charge is 0.324 e.